The molecule has 4 heteroatoms. The van der Waals surface area contributed by atoms with Crippen molar-refractivity contribution in [3.63, 3.8) is 0 Å². The van der Waals surface area contributed by atoms with E-state index in [9.17, 15) is 4.39 Å². The van der Waals surface area contributed by atoms with Crippen LogP contribution in [0, 0.1) is 5.82 Å². The van der Waals surface area contributed by atoms with Crippen LogP contribution in [0.25, 0.3) is 0 Å². The Balaban J connectivity index is 3.03. The molecular weight excluding hydrogens is 253 g/mol. The van der Waals surface area contributed by atoms with Crippen LogP contribution in [0.4, 0.5) is 4.39 Å². The first-order chi connectivity index (χ1) is 8.63. The zero-order valence-corrected chi connectivity index (χ0v) is 11.9. The van der Waals surface area contributed by atoms with E-state index in [1.54, 1.807) is 13.2 Å². The van der Waals surface area contributed by atoms with Gasteiger partial charge in [0.2, 0.25) is 0 Å². The molecule has 0 saturated carbocycles. The Kier molecular flexibility index (Phi) is 6.61. The fraction of sp³-hybridized carbons (Fsp3) is 0.571. The summed E-state index contributed by atoms with van der Waals surface area (Å²) in [7, 11) is 1.67. The van der Waals surface area contributed by atoms with E-state index in [-0.39, 0.29) is 18.0 Å². The summed E-state index contributed by atoms with van der Waals surface area (Å²) in [6.45, 7) is 4.98. The highest BCUT2D eigenvalue weighted by molar-refractivity contribution is 6.31. The van der Waals surface area contributed by atoms with Crippen molar-refractivity contribution in [1.82, 2.24) is 5.32 Å². The number of rotatable bonds is 7. The number of ether oxygens (including phenoxy) is 1. The number of methoxy groups -OCH3 is 1. The monoisotopic (exact) mass is 273 g/mol. The molecule has 1 rings (SSSR count). The number of nitrogens with one attached hydrogen (secondary N) is 1. The van der Waals surface area contributed by atoms with E-state index in [4.69, 9.17) is 16.3 Å². The molecule has 2 nitrogen and oxygen atoms in total. The van der Waals surface area contributed by atoms with Gasteiger partial charge >= 0.3 is 0 Å². The van der Waals surface area contributed by atoms with E-state index in [1.807, 2.05) is 6.92 Å². The van der Waals surface area contributed by atoms with Crippen molar-refractivity contribution < 1.29 is 9.13 Å². The summed E-state index contributed by atoms with van der Waals surface area (Å²) >= 11 is 6.17. The summed E-state index contributed by atoms with van der Waals surface area (Å²) in [6.07, 6.45) is 1.82. The lowest BCUT2D eigenvalue weighted by molar-refractivity contribution is 0.0650. The van der Waals surface area contributed by atoms with Crippen LogP contribution in [-0.2, 0) is 4.74 Å². The topological polar surface area (TPSA) is 21.3 Å². The molecule has 1 aromatic rings. The van der Waals surface area contributed by atoms with Gasteiger partial charge in [0.25, 0.3) is 0 Å². The van der Waals surface area contributed by atoms with Gasteiger partial charge in [-0.2, -0.15) is 0 Å². The molecule has 1 aromatic carbocycles. The summed E-state index contributed by atoms with van der Waals surface area (Å²) in [4.78, 5) is 0. The number of hydrogen-bond donors (Lipinski definition) is 1. The minimum absolute atomic E-state index is 0.0177. The maximum atomic E-state index is 13.4. The molecule has 0 amide bonds. The summed E-state index contributed by atoms with van der Waals surface area (Å²) in [5.74, 6) is -0.274. The molecule has 1 N–H and O–H groups in total. The van der Waals surface area contributed by atoms with Crippen LogP contribution in [0.5, 0.6) is 0 Å². The molecule has 102 valence electrons. The van der Waals surface area contributed by atoms with Gasteiger partial charge in [-0.1, -0.05) is 25.4 Å². The first-order valence-electron chi connectivity index (χ1n) is 6.35. The molecular formula is C14H21ClFNO. The predicted molar refractivity (Wildman–Crippen MR) is 73.5 cm³/mol. The second-order valence-electron chi connectivity index (χ2n) is 4.28. The highest BCUT2D eigenvalue weighted by Crippen LogP contribution is 2.28. The van der Waals surface area contributed by atoms with Crippen molar-refractivity contribution in [3.8, 4) is 0 Å². The maximum absolute atomic E-state index is 13.4. The molecule has 0 radical (unpaired) electrons. The van der Waals surface area contributed by atoms with E-state index in [0.717, 1.165) is 24.9 Å². The van der Waals surface area contributed by atoms with Crippen molar-refractivity contribution in [2.24, 2.45) is 0 Å². The summed E-state index contributed by atoms with van der Waals surface area (Å²) in [5.41, 5.74) is 0.763. The van der Waals surface area contributed by atoms with Crippen molar-refractivity contribution in [1.29, 1.82) is 0 Å². The summed E-state index contributed by atoms with van der Waals surface area (Å²) < 4.78 is 18.8. The molecule has 0 aliphatic carbocycles. The zero-order valence-electron chi connectivity index (χ0n) is 11.2. The van der Waals surface area contributed by atoms with Gasteiger partial charge in [-0.05, 0) is 43.1 Å². The molecule has 0 aliphatic rings. The van der Waals surface area contributed by atoms with Gasteiger partial charge in [-0.15, -0.1) is 0 Å². The number of halogens is 2. The van der Waals surface area contributed by atoms with Gasteiger partial charge in [-0.3, -0.25) is 0 Å². The Hall–Kier alpha value is -0.640. The predicted octanol–water partition coefficient (Wildman–Crippen LogP) is 3.94. The van der Waals surface area contributed by atoms with Crippen LogP contribution in [0.1, 0.15) is 38.3 Å². The fourth-order valence-electron chi connectivity index (χ4n) is 2.03. The Morgan fingerprint density at radius 3 is 2.67 bits per heavy atom. The number of benzene rings is 1. The van der Waals surface area contributed by atoms with Gasteiger partial charge in [0.1, 0.15) is 5.82 Å². The van der Waals surface area contributed by atoms with Crippen LogP contribution >= 0.6 is 11.6 Å². The first kappa shape index (κ1) is 15.4. The standard InChI is InChI=1S/C14H21ClFNO/c1-4-8-17-14(13(5-2)18-3)11-9-10(16)6-7-12(11)15/h6-7,9,13-14,17H,4-5,8H2,1-3H3. The molecule has 0 spiro atoms. The smallest absolute Gasteiger partial charge is 0.123 e. The van der Waals surface area contributed by atoms with E-state index in [0.29, 0.717) is 5.02 Å². The molecule has 0 aliphatic heterocycles. The van der Waals surface area contributed by atoms with Crippen LogP contribution in [0.3, 0.4) is 0 Å². The van der Waals surface area contributed by atoms with Crippen molar-refractivity contribution >= 4 is 11.6 Å². The molecule has 0 aromatic heterocycles. The van der Waals surface area contributed by atoms with E-state index in [1.165, 1.54) is 12.1 Å². The quantitative estimate of drug-likeness (QED) is 0.812. The van der Waals surface area contributed by atoms with Gasteiger partial charge in [0.15, 0.2) is 0 Å². The lowest BCUT2D eigenvalue weighted by Crippen LogP contribution is -2.33. The second kappa shape index (κ2) is 7.72. The average Bonchev–Trinajstić information content (AvgIpc) is 2.38. The zero-order chi connectivity index (χ0) is 13.5. The van der Waals surface area contributed by atoms with Crippen LogP contribution in [-0.4, -0.2) is 19.8 Å². The summed E-state index contributed by atoms with van der Waals surface area (Å²) in [5, 5.41) is 3.95. The van der Waals surface area contributed by atoms with Crippen LogP contribution < -0.4 is 5.32 Å². The fourth-order valence-corrected chi connectivity index (χ4v) is 2.27. The molecule has 0 fully saturated rings. The van der Waals surface area contributed by atoms with Gasteiger partial charge in [0, 0.05) is 12.1 Å². The van der Waals surface area contributed by atoms with E-state index in [2.05, 4.69) is 12.2 Å². The normalized spacial score (nSPS) is 14.5. The third-order valence-electron chi connectivity index (χ3n) is 2.98. The van der Waals surface area contributed by atoms with Gasteiger partial charge < -0.3 is 10.1 Å². The average molecular weight is 274 g/mol. The SMILES string of the molecule is CCCNC(c1cc(F)ccc1Cl)C(CC)OC. The minimum Gasteiger partial charge on any atom is -0.379 e. The number of hydrogen-bond acceptors (Lipinski definition) is 2. The third-order valence-corrected chi connectivity index (χ3v) is 3.33. The summed E-state index contributed by atoms with van der Waals surface area (Å²) in [6, 6.07) is 4.37. The molecule has 0 saturated heterocycles. The molecule has 0 bridgehead atoms. The molecule has 18 heavy (non-hydrogen) atoms. The van der Waals surface area contributed by atoms with Crippen LogP contribution in [0.2, 0.25) is 5.02 Å². The maximum Gasteiger partial charge on any atom is 0.123 e. The van der Waals surface area contributed by atoms with Crippen molar-refractivity contribution in [3.05, 3.63) is 34.6 Å². The lowest BCUT2D eigenvalue weighted by atomic mass is 9.99. The Bertz CT molecular complexity index is 369. The van der Waals surface area contributed by atoms with E-state index >= 15 is 0 Å². The van der Waals surface area contributed by atoms with Gasteiger partial charge in [0.05, 0.1) is 12.1 Å². The Morgan fingerprint density at radius 1 is 1.39 bits per heavy atom. The highest BCUT2D eigenvalue weighted by atomic mass is 35.5. The van der Waals surface area contributed by atoms with Crippen LogP contribution in [0.15, 0.2) is 18.2 Å². The molecule has 0 heterocycles. The third kappa shape index (κ3) is 3.94. The van der Waals surface area contributed by atoms with Gasteiger partial charge in [-0.25, -0.2) is 4.39 Å². The largest absolute Gasteiger partial charge is 0.379 e. The lowest BCUT2D eigenvalue weighted by Gasteiger charge is -2.27. The van der Waals surface area contributed by atoms with Crippen molar-refractivity contribution in [2.75, 3.05) is 13.7 Å². The molecule has 2 atom stereocenters. The highest BCUT2D eigenvalue weighted by Gasteiger charge is 2.23. The Labute approximate surface area is 113 Å². The Morgan fingerprint density at radius 2 is 2.11 bits per heavy atom. The second-order valence-corrected chi connectivity index (χ2v) is 4.69. The first-order valence-corrected chi connectivity index (χ1v) is 6.72. The minimum atomic E-state index is -0.274. The molecule has 2 unspecified atom stereocenters. The van der Waals surface area contributed by atoms with E-state index < -0.39 is 0 Å². The van der Waals surface area contributed by atoms with Crippen molar-refractivity contribution in [2.45, 2.75) is 38.8 Å².